The molecule has 18 heavy (non-hydrogen) atoms. The Labute approximate surface area is 108 Å². The number of fused-ring (bicyclic) bond motifs is 1. The van der Waals surface area contributed by atoms with Gasteiger partial charge in [0.1, 0.15) is 5.52 Å². The van der Waals surface area contributed by atoms with Crippen molar-refractivity contribution in [3.63, 3.8) is 0 Å². The highest BCUT2D eigenvalue weighted by Gasteiger charge is 2.16. The number of thiophene rings is 1. The van der Waals surface area contributed by atoms with E-state index in [1.165, 1.54) is 11.3 Å². The van der Waals surface area contributed by atoms with E-state index in [1.807, 2.05) is 38.1 Å². The zero-order valence-corrected chi connectivity index (χ0v) is 10.9. The topological polar surface area (TPSA) is 43.1 Å². The lowest BCUT2D eigenvalue weighted by Gasteiger charge is -1.90. The molecule has 3 aromatic rings. The number of pyridine rings is 1. The zero-order valence-electron chi connectivity index (χ0n) is 10.1. The van der Waals surface area contributed by atoms with Gasteiger partial charge in [0.05, 0.1) is 4.88 Å². The Kier molecular flexibility index (Phi) is 2.52. The van der Waals surface area contributed by atoms with Crippen LogP contribution >= 0.6 is 11.3 Å². The van der Waals surface area contributed by atoms with Crippen LogP contribution in [0.1, 0.15) is 26.0 Å². The summed E-state index contributed by atoms with van der Waals surface area (Å²) in [5.74, 6) is 0.272. The summed E-state index contributed by atoms with van der Waals surface area (Å²) in [6, 6.07) is 9.18. The Morgan fingerprint density at radius 3 is 2.78 bits per heavy atom. The van der Waals surface area contributed by atoms with E-state index in [1.54, 1.807) is 6.07 Å². The van der Waals surface area contributed by atoms with Crippen LogP contribution < -0.4 is 0 Å². The summed E-state index contributed by atoms with van der Waals surface area (Å²) < 4.78 is 5.54. The Balaban J connectivity index is 2.06. The molecule has 3 nitrogen and oxygen atoms in total. The first-order valence-corrected chi connectivity index (χ1v) is 6.43. The van der Waals surface area contributed by atoms with Crippen molar-refractivity contribution in [3.8, 4) is 0 Å². The van der Waals surface area contributed by atoms with Gasteiger partial charge in [0.25, 0.3) is 0 Å². The first kappa shape index (κ1) is 11.2. The van der Waals surface area contributed by atoms with E-state index in [9.17, 15) is 4.79 Å². The number of aromatic nitrogens is 1. The van der Waals surface area contributed by atoms with Gasteiger partial charge < -0.3 is 4.42 Å². The largest absolute Gasteiger partial charge is 0.451 e. The predicted molar refractivity (Wildman–Crippen MR) is 71.2 cm³/mol. The van der Waals surface area contributed by atoms with E-state index in [0.717, 1.165) is 16.1 Å². The van der Waals surface area contributed by atoms with Crippen molar-refractivity contribution in [2.24, 2.45) is 0 Å². The first-order valence-electron chi connectivity index (χ1n) is 5.62. The number of carbonyl (C=O) groups excluding carboxylic acids is 1. The molecule has 0 bridgehead atoms. The van der Waals surface area contributed by atoms with Crippen LogP contribution in [-0.2, 0) is 0 Å². The van der Waals surface area contributed by atoms with Crippen molar-refractivity contribution in [1.29, 1.82) is 0 Å². The van der Waals surface area contributed by atoms with Crippen LogP contribution in [0.5, 0.6) is 0 Å². The van der Waals surface area contributed by atoms with Gasteiger partial charge in [-0.05, 0) is 38.1 Å². The van der Waals surface area contributed by atoms with Crippen LogP contribution in [0.25, 0.3) is 11.1 Å². The first-order chi connectivity index (χ1) is 8.63. The molecule has 0 atom stereocenters. The standard InChI is InChI=1S/C14H11NO2S/c1-8-3-5-11-10(15-8)7-12(17-11)14(16)13-6-4-9(2)18-13/h3-7H,1-2H3. The van der Waals surface area contributed by atoms with Crippen LogP contribution in [0.4, 0.5) is 0 Å². The molecule has 0 N–H and O–H groups in total. The van der Waals surface area contributed by atoms with E-state index in [4.69, 9.17) is 4.42 Å². The molecule has 0 aliphatic carbocycles. The van der Waals surface area contributed by atoms with Crippen LogP contribution in [0.15, 0.2) is 34.7 Å². The average molecular weight is 257 g/mol. The van der Waals surface area contributed by atoms with Gasteiger partial charge in [-0.2, -0.15) is 0 Å². The molecule has 0 saturated heterocycles. The average Bonchev–Trinajstić information content (AvgIpc) is 2.93. The number of carbonyl (C=O) groups is 1. The Bertz CT molecular complexity index is 739. The van der Waals surface area contributed by atoms with Gasteiger partial charge in [-0.25, -0.2) is 4.98 Å². The number of furan rings is 1. The second kappa shape index (κ2) is 4.07. The summed E-state index contributed by atoms with van der Waals surface area (Å²) in [7, 11) is 0. The van der Waals surface area contributed by atoms with Gasteiger partial charge in [0.2, 0.25) is 5.78 Å². The lowest BCUT2D eigenvalue weighted by Crippen LogP contribution is -1.95. The minimum atomic E-state index is -0.0799. The van der Waals surface area contributed by atoms with E-state index < -0.39 is 0 Å². The number of aryl methyl sites for hydroxylation is 2. The minimum Gasteiger partial charge on any atom is -0.451 e. The number of nitrogens with zero attached hydrogens (tertiary/aromatic N) is 1. The van der Waals surface area contributed by atoms with Crippen LogP contribution in [0, 0.1) is 13.8 Å². The van der Waals surface area contributed by atoms with Crippen LogP contribution in [0.3, 0.4) is 0 Å². The van der Waals surface area contributed by atoms with E-state index >= 15 is 0 Å². The fraction of sp³-hybridized carbons (Fsp3) is 0.143. The molecule has 3 rings (SSSR count). The van der Waals surface area contributed by atoms with Crippen molar-refractivity contribution in [2.45, 2.75) is 13.8 Å². The molecule has 0 fully saturated rings. The second-order valence-corrected chi connectivity index (χ2v) is 5.47. The molecular formula is C14H11NO2S. The normalized spacial score (nSPS) is 11.0. The fourth-order valence-corrected chi connectivity index (χ4v) is 2.63. The number of rotatable bonds is 2. The number of hydrogen-bond donors (Lipinski definition) is 0. The highest BCUT2D eigenvalue weighted by Crippen LogP contribution is 2.23. The molecule has 0 amide bonds. The second-order valence-electron chi connectivity index (χ2n) is 4.19. The Morgan fingerprint density at radius 1 is 1.22 bits per heavy atom. The Hall–Kier alpha value is -1.94. The lowest BCUT2D eigenvalue weighted by molar-refractivity contribution is 0.101. The van der Waals surface area contributed by atoms with Gasteiger partial charge in [-0.15, -0.1) is 11.3 Å². The van der Waals surface area contributed by atoms with Gasteiger partial charge in [0.15, 0.2) is 11.3 Å². The molecule has 0 aromatic carbocycles. The van der Waals surface area contributed by atoms with E-state index in [2.05, 4.69) is 4.98 Å². The molecule has 0 unspecified atom stereocenters. The quantitative estimate of drug-likeness (QED) is 0.657. The molecule has 4 heteroatoms. The van der Waals surface area contributed by atoms with Gasteiger partial charge in [-0.3, -0.25) is 4.79 Å². The van der Waals surface area contributed by atoms with Crippen LogP contribution in [-0.4, -0.2) is 10.8 Å². The molecule has 3 heterocycles. The summed E-state index contributed by atoms with van der Waals surface area (Å²) in [6.45, 7) is 3.89. The third-order valence-electron chi connectivity index (χ3n) is 2.70. The number of hydrogen-bond acceptors (Lipinski definition) is 4. The molecule has 90 valence electrons. The summed E-state index contributed by atoms with van der Waals surface area (Å²) >= 11 is 1.47. The van der Waals surface area contributed by atoms with Crippen molar-refractivity contribution in [1.82, 2.24) is 4.98 Å². The summed E-state index contributed by atoms with van der Waals surface area (Å²) in [4.78, 5) is 18.3. The predicted octanol–water partition coefficient (Wildman–Crippen LogP) is 3.74. The molecular weight excluding hydrogens is 246 g/mol. The van der Waals surface area contributed by atoms with Crippen molar-refractivity contribution >= 4 is 28.2 Å². The molecule has 0 radical (unpaired) electrons. The minimum absolute atomic E-state index is 0.0799. The lowest BCUT2D eigenvalue weighted by atomic mass is 10.2. The highest BCUT2D eigenvalue weighted by molar-refractivity contribution is 7.14. The van der Waals surface area contributed by atoms with Gasteiger partial charge in [-0.1, -0.05) is 0 Å². The summed E-state index contributed by atoms with van der Waals surface area (Å²) in [5.41, 5.74) is 2.29. The fourth-order valence-electron chi connectivity index (χ4n) is 1.82. The highest BCUT2D eigenvalue weighted by atomic mass is 32.1. The third kappa shape index (κ3) is 1.84. The zero-order chi connectivity index (χ0) is 12.7. The van der Waals surface area contributed by atoms with Gasteiger partial charge >= 0.3 is 0 Å². The van der Waals surface area contributed by atoms with Crippen molar-refractivity contribution in [3.05, 3.63) is 51.5 Å². The molecule has 0 spiro atoms. The SMILES string of the molecule is Cc1ccc2oc(C(=O)c3ccc(C)s3)cc2n1. The van der Waals surface area contributed by atoms with E-state index in [-0.39, 0.29) is 5.78 Å². The maximum Gasteiger partial charge on any atom is 0.238 e. The molecule has 0 saturated carbocycles. The molecule has 0 aliphatic rings. The maximum atomic E-state index is 12.2. The monoisotopic (exact) mass is 257 g/mol. The molecule has 0 aliphatic heterocycles. The summed E-state index contributed by atoms with van der Waals surface area (Å²) in [5, 5.41) is 0. The van der Waals surface area contributed by atoms with Crippen molar-refractivity contribution < 1.29 is 9.21 Å². The van der Waals surface area contributed by atoms with Crippen molar-refractivity contribution in [2.75, 3.05) is 0 Å². The maximum absolute atomic E-state index is 12.2. The Morgan fingerprint density at radius 2 is 2.06 bits per heavy atom. The third-order valence-corrected chi connectivity index (χ3v) is 3.70. The van der Waals surface area contributed by atoms with Gasteiger partial charge in [0, 0.05) is 16.6 Å². The summed E-state index contributed by atoms with van der Waals surface area (Å²) in [6.07, 6.45) is 0. The smallest absolute Gasteiger partial charge is 0.238 e. The van der Waals surface area contributed by atoms with Crippen LogP contribution in [0.2, 0.25) is 0 Å². The number of ketones is 1. The molecule has 3 aromatic heterocycles. The van der Waals surface area contributed by atoms with E-state index in [0.29, 0.717) is 16.2 Å².